The predicted octanol–water partition coefficient (Wildman–Crippen LogP) is 2.76. The number of nitrogens with zero attached hydrogens (tertiary/aromatic N) is 2. The number of hydrogen-bond donors (Lipinski definition) is 2. The molecule has 2 aromatic rings. The SMILES string of the molecule is C/C(=N/NC(=O)c1cccc(C)c1O)c1ccc([N+](=O)[O-])cc1. The number of rotatable bonds is 4. The van der Waals surface area contributed by atoms with Crippen molar-refractivity contribution in [3.8, 4) is 5.75 Å². The van der Waals surface area contributed by atoms with E-state index in [4.69, 9.17) is 0 Å². The van der Waals surface area contributed by atoms with Crippen LogP contribution in [0.3, 0.4) is 0 Å². The number of carbonyl (C=O) groups is 1. The molecule has 0 aliphatic heterocycles. The molecule has 1 amide bonds. The number of benzene rings is 2. The minimum atomic E-state index is -0.535. The third kappa shape index (κ3) is 3.70. The van der Waals surface area contributed by atoms with Gasteiger partial charge in [-0.3, -0.25) is 14.9 Å². The highest BCUT2D eigenvalue weighted by Crippen LogP contribution is 2.21. The number of phenolic OH excluding ortho intramolecular Hbond substituents is 1. The first kappa shape index (κ1) is 16.2. The second kappa shape index (κ2) is 6.69. The van der Waals surface area contributed by atoms with Crippen LogP contribution in [0.2, 0.25) is 0 Å². The highest BCUT2D eigenvalue weighted by Gasteiger charge is 2.12. The Bertz CT molecular complexity index is 782. The lowest BCUT2D eigenvalue weighted by Crippen LogP contribution is -2.19. The van der Waals surface area contributed by atoms with Crippen molar-refractivity contribution in [2.45, 2.75) is 13.8 Å². The maximum atomic E-state index is 12.0. The molecule has 7 heteroatoms. The molecule has 2 N–H and O–H groups in total. The number of hydrazone groups is 1. The Hall–Kier alpha value is -3.22. The topological polar surface area (TPSA) is 105 Å². The van der Waals surface area contributed by atoms with E-state index in [1.807, 2.05) is 0 Å². The molecule has 7 nitrogen and oxygen atoms in total. The number of amides is 1. The Kier molecular flexibility index (Phi) is 4.70. The van der Waals surface area contributed by atoms with Crippen LogP contribution in [0.5, 0.6) is 5.75 Å². The lowest BCUT2D eigenvalue weighted by Gasteiger charge is -2.06. The summed E-state index contributed by atoms with van der Waals surface area (Å²) in [7, 11) is 0. The van der Waals surface area contributed by atoms with Gasteiger partial charge in [0.05, 0.1) is 16.2 Å². The highest BCUT2D eigenvalue weighted by atomic mass is 16.6. The van der Waals surface area contributed by atoms with Gasteiger partial charge in [0, 0.05) is 12.1 Å². The van der Waals surface area contributed by atoms with Crippen LogP contribution in [0.4, 0.5) is 5.69 Å². The Morgan fingerprint density at radius 1 is 1.22 bits per heavy atom. The minimum absolute atomic E-state index is 0.0183. The zero-order valence-electron chi connectivity index (χ0n) is 12.6. The molecule has 0 unspecified atom stereocenters. The van der Waals surface area contributed by atoms with Crippen molar-refractivity contribution in [1.82, 2.24) is 5.43 Å². The van der Waals surface area contributed by atoms with Gasteiger partial charge in [-0.2, -0.15) is 5.10 Å². The van der Waals surface area contributed by atoms with E-state index in [9.17, 15) is 20.0 Å². The summed E-state index contributed by atoms with van der Waals surface area (Å²) >= 11 is 0. The van der Waals surface area contributed by atoms with E-state index in [0.29, 0.717) is 16.8 Å². The Balaban J connectivity index is 2.14. The molecule has 0 bridgehead atoms. The van der Waals surface area contributed by atoms with Gasteiger partial charge >= 0.3 is 0 Å². The quantitative estimate of drug-likeness (QED) is 0.514. The Morgan fingerprint density at radius 2 is 1.87 bits per heavy atom. The number of hydrogen-bond acceptors (Lipinski definition) is 5. The van der Waals surface area contributed by atoms with E-state index in [1.54, 1.807) is 38.1 Å². The predicted molar refractivity (Wildman–Crippen MR) is 85.6 cm³/mol. The van der Waals surface area contributed by atoms with E-state index in [2.05, 4.69) is 10.5 Å². The van der Waals surface area contributed by atoms with Crippen LogP contribution < -0.4 is 5.43 Å². The van der Waals surface area contributed by atoms with Crippen molar-refractivity contribution in [2.75, 3.05) is 0 Å². The first-order valence-corrected chi connectivity index (χ1v) is 6.78. The van der Waals surface area contributed by atoms with E-state index in [1.165, 1.54) is 18.2 Å². The summed E-state index contributed by atoms with van der Waals surface area (Å²) in [5.41, 5.74) is 4.19. The molecule has 118 valence electrons. The fourth-order valence-electron chi connectivity index (χ4n) is 1.93. The van der Waals surface area contributed by atoms with Crippen LogP contribution in [0.25, 0.3) is 0 Å². The monoisotopic (exact) mass is 313 g/mol. The average Bonchev–Trinajstić information content (AvgIpc) is 2.55. The van der Waals surface area contributed by atoms with Crippen LogP contribution >= 0.6 is 0 Å². The van der Waals surface area contributed by atoms with Gasteiger partial charge in [0.15, 0.2) is 0 Å². The molecule has 23 heavy (non-hydrogen) atoms. The van der Waals surface area contributed by atoms with E-state index >= 15 is 0 Å². The van der Waals surface area contributed by atoms with Crippen LogP contribution in [-0.2, 0) is 0 Å². The van der Waals surface area contributed by atoms with Gasteiger partial charge in [-0.15, -0.1) is 0 Å². The molecular formula is C16H15N3O4. The fourth-order valence-corrected chi connectivity index (χ4v) is 1.93. The first-order valence-electron chi connectivity index (χ1n) is 6.78. The number of carbonyl (C=O) groups excluding carboxylic acids is 1. The minimum Gasteiger partial charge on any atom is -0.507 e. The number of nitrogens with one attached hydrogen (secondary N) is 1. The summed E-state index contributed by atoms with van der Waals surface area (Å²) in [6, 6.07) is 10.7. The Labute approximate surface area is 132 Å². The fraction of sp³-hybridized carbons (Fsp3) is 0.125. The molecule has 0 heterocycles. The van der Waals surface area contributed by atoms with Gasteiger partial charge in [-0.25, -0.2) is 5.43 Å². The second-order valence-corrected chi connectivity index (χ2v) is 4.91. The van der Waals surface area contributed by atoms with Gasteiger partial charge in [0.2, 0.25) is 0 Å². The molecule has 0 fully saturated rings. The first-order chi connectivity index (χ1) is 10.9. The summed E-state index contributed by atoms with van der Waals surface area (Å²) in [5.74, 6) is -0.624. The molecule has 0 saturated heterocycles. The van der Waals surface area contributed by atoms with Gasteiger partial charge in [0.25, 0.3) is 11.6 Å². The van der Waals surface area contributed by atoms with Crippen molar-refractivity contribution in [1.29, 1.82) is 0 Å². The number of aryl methyl sites for hydroxylation is 1. The zero-order chi connectivity index (χ0) is 17.0. The summed E-state index contributed by atoms with van der Waals surface area (Å²) in [5, 5.41) is 24.4. The van der Waals surface area contributed by atoms with Crippen LogP contribution in [0, 0.1) is 17.0 Å². The summed E-state index contributed by atoms with van der Waals surface area (Å²) in [6.45, 7) is 3.36. The standard InChI is InChI=1S/C16H15N3O4/c1-10-4-3-5-14(15(10)20)16(21)18-17-11(2)12-6-8-13(9-7-12)19(22)23/h3-9,20H,1-2H3,(H,18,21)/b17-11-. The molecule has 2 rings (SSSR count). The van der Waals surface area contributed by atoms with E-state index in [-0.39, 0.29) is 17.0 Å². The molecule has 0 aliphatic carbocycles. The number of nitro groups is 1. The normalized spacial score (nSPS) is 11.1. The average molecular weight is 313 g/mol. The number of nitro benzene ring substituents is 1. The van der Waals surface area contributed by atoms with Crippen LogP contribution in [0.1, 0.15) is 28.4 Å². The van der Waals surface area contributed by atoms with Crippen molar-refractivity contribution >= 4 is 17.3 Å². The third-order valence-corrected chi connectivity index (χ3v) is 3.30. The van der Waals surface area contributed by atoms with Crippen LogP contribution in [0.15, 0.2) is 47.6 Å². The van der Waals surface area contributed by atoms with E-state index in [0.717, 1.165) is 0 Å². The van der Waals surface area contributed by atoms with Crippen molar-refractivity contribution in [3.63, 3.8) is 0 Å². The molecule has 0 spiro atoms. The third-order valence-electron chi connectivity index (χ3n) is 3.30. The Morgan fingerprint density at radius 3 is 2.48 bits per heavy atom. The van der Waals surface area contributed by atoms with Gasteiger partial charge < -0.3 is 5.11 Å². The van der Waals surface area contributed by atoms with Gasteiger partial charge in [0.1, 0.15) is 5.75 Å². The zero-order valence-corrected chi connectivity index (χ0v) is 12.6. The molecular weight excluding hydrogens is 298 g/mol. The van der Waals surface area contributed by atoms with Crippen LogP contribution in [-0.4, -0.2) is 21.6 Å². The smallest absolute Gasteiger partial charge is 0.275 e. The van der Waals surface area contributed by atoms with Crippen molar-refractivity contribution in [3.05, 3.63) is 69.3 Å². The molecule has 0 atom stereocenters. The highest BCUT2D eigenvalue weighted by molar-refractivity contribution is 6.01. The summed E-state index contributed by atoms with van der Waals surface area (Å²) < 4.78 is 0. The number of phenols is 1. The van der Waals surface area contributed by atoms with E-state index < -0.39 is 10.8 Å². The number of non-ortho nitro benzene ring substituents is 1. The number of para-hydroxylation sites is 1. The molecule has 0 saturated carbocycles. The molecule has 0 aromatic heterocycles. The largest absolute Gasteiger partial charge is 0.507 e. The van der Waals surface area contributed by atoms with Crippen molar-refractivity contribution < 1.29 is 14.8 Å². The maximum absolute atomic E-state index is 12.0. The molecule has 0 radical (unpaired) electrons. The lowest BCUT2D eigenvalue weighted by molar-refractivity contribution is -0.384. The molecule has 2 aromatic carbocycles. The molecule has 0 aliphatic rings. The summed E-state index contributed by atoms with van der Waals surface area (Å²) in [6.07, 6.45) is 0. The number of aromatic hydroxyl groups is 1. The maximum Gasteiger partial charge on any atom is 0.275 e. The van der Waals surface area contributed by atoms with Gasteiger partial charge in [-0.05, 0) is 43.2 Å². The second-order valence-electron chi connectivity index (χ2n) is 4.91. The van der Waals surface area contributed by atoms with Crippen molar-refractivity contribution in [2.24, 2.45) is 5.10 Å². The lowest BCUT2D eigenvalue weighted by atomic mass is 10.1. The summed E-state index contributed by atoms with van der Waals surface area (Å²) in [4.78, 5) is 22.1. The van der Waals surface area contributed by atoms with Gasteiger partial charge in [-0.1, -0.05) is 12.1 Å².